The van der Waals surface area contributed by atoms with Crippen LogP contribution in [0.3, 0.4) is 0 Å². The molecule has 0 aliphatic carbocycles. The van der Waals surface area contributed by atoms with E-state index in [0.717, 1.165) is 9.13 Å². The second-order valence-electron chi connectivity index (χ2n) is 6.47. The lowest BCUT2D eigenvalue weighted by Crippen LogP contribution is -2.37. The van der Waals surface area contributed by atoms with Crippen molar-refractivity contribution >= 4 is 39.3 Å². The van der Waals surface area contributed by atoms with Gasteiger partial charge in [0.1, 0.15) is 0 Å². The van der Waals surface area contributed by atoms with Crippen molar-refractivity contribution in [2.45, 2.75) is 0 Å². The van der Waals surface area contributed by atoms with E-state index >= 15 is 0 Å². The first-order chi connectivity index (χ1) is 13.1. The minimum absolute atomic E-state index is 0. The summed E-state index contributed by atoms with van der Waals surface area (Å²) in [7, 11) is 9.55. The van der Waals surface area contributed by atoms with Crippen molar-refractivity contribution in [3.05, 3.63) is 54.3 Å². The first kappa shape index (κ1) is 22.1. The van der Waals surface area contributed by atoms with Crippen molar-refractivity contribution < 1.29 is 0 Å². The molecule has 0 aliphatic rings. The molecule has 0 N–H and O–H groups in total. The zero-order chi connectivity index (χ0) is 20.9. The summed E-state index contributed by atoms with van der Waals surface area (Å²) in [6.07, 6.45) is 3.04. The minimum atomic E-state index is -0.360. The monoisotopic (exact) mass is 468 g/mol. The molecule has 0 aliphatic heterocycles. The Kier molecular flexibility index (Phi) is 5.83. The van der Waals surface area contributed by atoms with Gasteiger partial charge in [0.15, 0.2) is 22.3 Å². The summed E-state index contributed by atoms with van der Waals surface area (Å²) in [6, 6.07) is 0. The molecule has 4 aromatic heterocycles. The van der Waals surface area contributed by atoms with Gasteiger partial charge in [-0.05, 0) is 0 Å². The third kappa shape index (κ3) is 3.26. The van der Waals surface area contributed by atoms with Crippen LogP contribution in [0.2, 0.25) is 0 Å². The third-order valence-corrected chi connectivity index (χ3v) is 4.63. The smallest absolute Gasteiger partial charge is 0.328 e. The molecule has 13 heteroatoms. The Morgan fingerprint density at radius 3 is 1.21 bits per heavy atom. The third-order valence-electron chi connectivity index (χ3n) is 4.63. The highest BCUT2D eigenvalue weighted by Crippen LogP contribution is 2.02. The Morgan fingerprint density at radius 1 is 0.586 bits per heavy atom. The van der Waals surface area contributed by atoms with Crippen molar-refractivity contribution in [1.29, 1.82) is 0 Å². The Bertz CT molecular complexity index is 1350. The number of rotatable bonds is 0. The van der Waals surface area contributed by atoms with Gasteiger partial charge in [0.25, 0.3) is 11.1 Å². The van der Waals surface area contributed by atoms with Crippen LogP contribution in [0, 0.1) is 0 Å². The number of halogens is 1. The average Bonchev–Trinajstić information content (AvgIpc) is 3.25. The fraction of sp³-hybridized carbons (Fsp3) is 0.375. The maximum atomic E-state index is 11.7. The van der Waals surface area contributed by atoms with E-state index in [2.05, 4.69) is 9.97 Å². The van der Waals surface area contributed by atoms with Gasteiger partial charge in [0, 0.05) is 42.3 Å². The molecule has 0 bridgehead atoms. The summed E-state index contributed by atoms with van der Waals surface area (Å²) >= 11 is 0. The van der Waals surface area contributed by atoms with Crippen LogP contribution in [0.4, 0.5) is 0 Å². The zero-order valence-electron chi connectivity index (χ0n) is 16.8. The molecule has 12 nitrogen and oxygen atoms in total. The number of aryl methyl sites for hydroxylation is 4. The molecule has 0 spiro atoms. The Hall–Kier alpha value is -3.22. The van der Waals surface area contributed by atoms with Crippen molar-refractivity contribution in [3.8, 4) is 0 Å². The topological polar surface area (TPSA) is 124 Å². The van der Waals surface area contributed by atoms with Gasteiger partial charge in [-0.25, -0.2) is 19.6 Å². The molecular formula is C16H21BrN8O4. The number of hydrogen-bond acceptors (Lipinski definition) is 6. The Morgan fingerprint density at radius 2 is 0.897 bits per heavy atom. The van der Waals surface area contributed by atoms with Gasteiger partial charge >= 0.3 is 11.4 Å². The number of aromatic nitrogens is 8. The Labute approximate surface area is 173 Å². The summed E-state index contributed by atoms with van der Waals surface area (Å²) in [5.41, 5.74) is 0.360. The van der Waals surface area contributed by atoms with Crippen LogP contribution >= 0.6 is 17.0 Å². The van der Waals surface area contributed by atoms with Crippen LogP contribution in [-0.2, 0) is 42.3 Å². The predicted octanol–water partition coefficient (Wildman–Crippen LogP) is -1.48. The highest BCUT2D eigenvalue weighted by molar-refractivity contribution is 8.93. The van der Waals surface area contributed by atoms with E-state index in [9.17, 15) is 19.2 Å². The first-order valence-electron chi connectivity index (χ1n) is 8.22. The van der Waals surface area contributed by atoms with E-state index in [0.29, 0.717) is 22.3 Å². The van der Waals surface area contributed by atoms with E-state index in [-0.39, 0.29) is 39.5 Å². The lowest BCUT2D eigenvalue weighted by atomic mass is 10.5. The zero-order valence-corrected chi connectivity index (χ0v) is 18.5. The summed E-state index contributed by atoms with van der Waals surface area (Å²) in [6.45, 7) is 0. The summed E-state index contributed by atoms with van der Waals surface area (Å²) in [5, 5.41) is 0. The molecule has 4 aromatic rings. The highest BCUT2D eigenvalue weighted by atomic mass is 79.9. The van der Waals surface area contributed by atoms with Crippen molar-refractivity contribution in [2.75, 3.05) is 0 Å². The predicted molar refractivity (Wildman–Crippen MR) is 113 cm³/mol. The molecule has 29 heavy (non-hydrogen) atoms. The van der Waals surface area contributed by atoms with Gasteiger partial charge in [-0.2, -0.15) is 0 Å². The fourth-order valence-corrected chi connectivity index (χ4v) is 2.94. The molecule has 0 fully saturated rings. The SMILES string of the molecule is Br.Cn1c(=O)c2c(ncn2C)n(C)c1=O.Cn1c(=O)c2c(ncn2C)n(C)c1=O. The highest BCUT2D eigenvalue weighted by Gasteiger charge is 2.12. The molecule has 0 aromatic carbocycles. The van der Waals surface area contributed by atoms with Crippen molar-refractivity contribution in [3.63, 3.8) is 0 Å². The summed E-state index contributed by atoms with van der Waals surface area (Å²) in [5.74, 6) is 0. The van der Waals surface area contributed by atoms with Crippen LogP contribution < -0.4 is 22.5 Å². The van der Waals surface area contributed by atoms with Gasteiger partial charge in [-0.3, -0.25) is 27.9 Å². The van der Waals surface area contributed by atoms with Crippen LogP contribution in [0.5, 0.6) is 0 Å². The fourth-order valence-electron chi connectivity index (χ4n) is 2.94. The largest absolute Gasteiger partial charge is 0.332 e. The van der Waals surface area contributed by atoms with Gasteiger partial charge in [-0.1, -0.05) is 0 Å². The molecule has 0 saturated carbocycles. The molecular weight excluding hydrogens is 448 g/mol. The molecule has 4 rings (SSSR count). The molecule has 156 valence electrons. The maximum absolute atomic E-state index is 11.7. The van der Waals surface area contributed by atoms with Gasteiger partial charge < -0.3 is 9.13 Å². The minimum Gasteiger partial charge on any atom is -0.328 e. The maximum Gasteiger partial charge on any atom is 0.332 e. The average molecular weight is 469 g/mol. The molecule has 0 atom stereocenters. The molecule has 0 amide bonds. The normalized spacial score (nSPS) is 10.7. The van der Waals surface area contributed by atoms with E-state index < -0.39 is 0 Å². The van der Waals surface area contributed by atoms with E-state index in [4.69, 9.17) is 0 Å². The van der Waals surface area contributed by atoms with Crippen molar-refractivity contribution in [2.24, 2.45) is 42.3 Å². The quantitative estimate of drug-likeness (QED) is 0.310. The van der Waals surface area contributed by atoms with E-state index in [1.54, 1.807) is 37.3 Å². The lowest BCUT2D eigenvalue weighted by molar-refractivity contribution is 0.705. The molecule has 0 radical (unpaired) electrons. The van der Waals surface area contributed by atoms with E-state index in [1.165, 1.54) is 35.9 Å². The Balaban J connectivity index is 0.000000200. The number of fused-ring (bicyclic) bond motifs is 2. The second-order valence-corrected chi connectivity index (χ2v) is 6.47. The first-order valence-corrected chi connectivity index (χ1v) is 8.22. The van der Waals surface area contributed by atoms with Crippen LogP contribution in [0.15, 0.2) is 31.8 Å². The number of imidazole rings is 2. The molecule has 0 unspecified atom stereocenters. The van der Waals surface area contributed by atoms with Crippen LogP contribution in [0.25, 0.3) is 22.3 Å². The lowest BCUT2D eigenvalue weighted by Gasteiger charge is -2.02. The second kappa shape index (κ2) is 7.66. The summed E-state index contributed by atoms with van der Waals surface area (Å²) < 4.78 is 8.08. The van der Waals surface area contributed by atoms with E-state index in [1.807, 2.05) is 0 Å². The standard InChI is InChI=1S/2C8H10N4O2.BrH/c2*1-10-4-9-6-5(10)7(13)12(3)8(14)11(6)2;/h2*4H,1-3H3;1H. The number of nitrogens with zero attached hydrogens (tertiary/aromatic N) is 8. The van der Waals surface area contributed by atoms with Crippen molar-refractivity contribution in [1.82, 2.24) is 37.4 Å². The van der Waals surface area contributed by atoms with Crippen LogP contribution in [0.1, 0.15) is 0 Å². The number of hydrogen-bond donors (Lipinski definition) is 0. The summed E-state index contributed by atoms with van der Waals surface area (Å²) in [4.78, 5) is 54.3. The van der Waals surface area contributed by atoms with Gasteiger partial charge in [0.2, 0.25) is 0 Å². The van der Waals surface area contributed by atoms with Crippen LogP contribution in [-0.4, -0.2) is 37.4 Å². The van der Waals surface area contributed by atoms with Gasteiger partial charge in [0.05, 0.1) is 12.7 Å². The van der Waals surface area contributed by atoms with Gasteiger partial charge in [-0.15, -0.1) is 17.0 Å². The molecule has 0 saturated heterocycles. The molecule has 4 heterocycles.